The van der Waals surface area contributed by atoms with Gasteiger partial charge in [-0.1, -0.05) is 0 Å². The van der Waals surface area contributed by atoms with E-state index in [1.165, 1.54) is 0 Å². The summed E-state index contributed by atoms with van der Waals surface area (Å²) in [4.78, 5) is 12.4. The summed E-state index contributed by atoms with van der Waals surface area (Å²) in [5.74, 6) is -1.68. The van der Waals surface area contributed by atoms with E-state index in [9.17, 15) is 22.4 Å². The molecule has 2 N–H and O–H groups in total. The molecule has 0 spiro atoms. The van der Waals surface area contributed by atoms with Gasteiger partial charge in [-0.2, -0.15) is 13.2 Å². The summed E-state index contributed by atoms with van der Waals surface area (Å²) in [7, 11) is 0. The van der Waals surface area contributed by atoms with Crippen LogP contribution >= 0.6 is 0 Å². The lowest BCUT2D eigenvalue weighted by atomic mass is 10.0. The normalized spacial score (nSPS) is 15.6. The molecule has 0 radical (unpaired) electrons. The molecule has 1 aromatic rings. The lowest BCUT2D eigenvalue weighted by molar-refractivity contribution is -0.137. The molecular weight excluding hydrogens is 314 g/mol. The monoisotopic (exact) mass is 331 g/mol. The summed E-state index contributed by atoms with van der Waals surface area (Å²) in [6.07, 6.45) is -2.88. The summed E-state index contributed by atoms with van der Waals surface area (Å²) in [5.41, 5.74) is 1.57. The highest BCUT2D eigenvalue weighted by molar-refractivity contribution is 5.97. The van der Waals surface area contributed by atoms with Crippen molar-refractivity contribution in [2.45, 2.75) is 32.5 Å². The summed E-state index contributed by atoms with van der Waals surface area (Å²) in [6, 6.07) is 2.00. The Bertz CT molecular complexity index is 653. The third kappa shape index (κ3) is 3.64. The summed E-state index contributed by atoms with van der Waals surface area (Å²) >= 11 is 0. The van der Waals surface area contributed by atoms with Crippen molar-refractivity contribution in [1.29, 1.82) is 0 Å². The Morgan fingerprint density at radius 1 is 1.30 bits per heavy atom. The van der Waals surface area contributed by atoms with Crippen LogP contribution in [-0.2, 0) is 11.0 Å². The van der Waals surface area contributed by atoms with E-state index in [2.05, 4.69) is 10.7 Å². The number of anilines is 1. The molecule has 1 amide bonds. The number of nitrogens with zero attached hydrogens (tertiary/aromatic N) is 1. The van der Waals surface area contributed by atoms with E-state index in [0.29, 0.717) is 12.6 Å². The Labute approximate surface area is 131 Å². The Kier molecular flexibility index (Phi) is 4.39. The van der Waals surface area contributed by atoms with Crippen molar-refractivity contribution >= 4 is 11.6 Å². The summed E-state index contributed by atoms with van der Waals surface area (Å²) in [6.45, 7) is 5.71. The standard InChI is InChI=1S/C15H17F4N3O/c1-9-7-20-22(8-9)14(2,3)13(23)21-12-5-4-10(6-11(12)16)15(17,18)19/h4-6,8,20H,7H2,1-3H3,(H,21,23). The number of benzene rings is 1. The van der Waals surface area contributed by atoms with Crippen LogP contribution in [0.15, 0.2) is 30.0 Å². The van der Waals surface area contributed by atoms with Gasteiger partial charge < -0.3 is 10.3 Å². The number of nitrogens with one attached hydrogen (secondary N) is 2. The first-order valence-electron chi connectivity index (χ1n) is 6.90. The van der Waals surface area contributed by atoms with Gasteiger partial charge in [0.25, 0.3) is 5.91 Å². The highest BCUT2D eigenvalue weighted by Crippen LogP contribution is 2.31. The van der Waals surface area contributed by atoms with Gasteiger partial charge in [0.1, 0.15) is 11.4 Å². The quantitative estimate of drug-likeness (QED) is 0.836. The average molecular weight is 331 g/mol. The number of amides is 1. The molecule has 0 saturated carbocycles. The van der Waals surface area contributed by atoms with Gasteiger partial charge >= 0.3 is 6.18 Å². The third-order valence-electron chi connectivity index (χ3n) is 3.58. The Hall–Kier alpha value is -2.09. The maximum absolute atomic E-state index is 13.8. The van der Waals surface area contributed by atoms with Crippen LogP contribution in [0.5, 0.6) is 0 Å². The number of hydrogen-bond acceptors (Lipinski definition) is 3. The van der Waals surface area contributed by atoms with Gasteiger partial charge in [-0.05, 0) is 44.5 Å². The van der Waals surface area contributed by atoms with Crippen LogP contribution in [0.3, 0.4) is 0 Å². The van der Waals surface area contributed by atoms with Crippen molar-refractivity contribution in [2.24, 2.45) is 0 Å². The van der Waals surface area contributed by atoms with E-state index in [0.717, 1.165) is 17.7 Å². The van der Waals surface area contributed by atoms with Gasteiger partial charge in [0.05, 0.1) is 11.3 Å². The van der Waals surface area contributed by atoms with Crippen LogP contribution in [0.4, 0.5) is 23.2 Å². The van der Waals surface area contributed by atoms with Crippen molar-refractivity contribution in [3.05, 3.63) is 41.4 Å². The molecule has 1 aromatic carbocycles. The van der Waals surface area contributed by atoms with E-state index in [1.807, 2.05) is 6.92 Å². The van der Waals surface area contributed by atoms with Crippen LogP contribution in [-0.4, -0.2) is 23.0 Å². The second-order valence-corrected chi connectivity index (χ2v) is 5.89. The molecule has 0 aromatic heterocycles. The van der Waals surface area contributed by atoms with Crippen LogP contribution in [0.1, 0.15) is 26.3 Å². The molecule has 1 heterocycles. The topological polar surface area (TPSA) is 44.4 Å². The zero-order valence-electron chi connectivity index (χ0n) is 12.9. The maximum atomic E-state index is 13.8. The molecule has 0 unspecified atom stereocenters. The first-order chi connectivity index (χ1) is 10.5. The summed E-state index contributed by atoms with van der Waals surface area (Å²) in [5, 5.41) is 3.91. The van der Waals surface area contributed by atoms with Crippen LogP contribution < -0.4 is 10.7 Å². The number of hydrogen-bond donors (Lipinski definition) is 2. The van der Waals surface area contributed by atoms with Gasteiger partial charge in [-0.15, -0.1) is 0 Å². The molecule has 2 rings (SSSR count). The molecule has 0 saturated heterocycles. The largest absolute Gasteiger partial charge is 0.416 e. The predicted octanol–water partition coefficient (Wildman–Crippen LogP) is 3.29. The third-order valence-corrected chi connectivity index (χ3v) is 3.58. The molecular formula is C15H17F4N3O. The smallest absolute Gasteiger partial charge is 0.321 e. The zero-order valence-corrected chi connectivity index (χ0v) is 12.9. The van der Waals surface area contributed by atoms with E-state index in [1.54, 1.807) is 25.1 Å². The second kappa shape index (κ2) is 5.84. The molecule has 0 atom stereocenters. The van der Waals surface area contributed by atoms with Crippen LogP contribution in [0, 0.1) is 5.82 Å². The van der Waals surface area contributed by atoms with Gasteiger partial charge in [-0.25, -0.2) is 9.82 Å². The number of halogens is 4. The van der Waals surface area contributed by atoms with Gasteiger partial charge in [-0.3, -0.25) is 4.79 Å². The van der Waals surface area contributed by atoms with Crippen molar-refractivity contribution in [3.8, 4) is 0 Å². The van der Waals surface area contributed by atoms with Crippen molar-refractivity contribution < 1.29 is 22.4 Å². The van der Waals surface area contributed by atoms with Crippen LogP contribution in [0.2, 0.25) is 0 Å². The SMILES string of the molecule is CC1=CN(C(C)(C)C(=O)Nc2ccc(C(F)(F)F)cc2F)NC1. The molecule has 0 bridgehead atoms. The second-order valence-electron chi connectivity index (χ2n) is 5.89. The van der Waals surface area contributed by atoms with Crippen LogP contribution in [0.25, 0.3) is 0 Å². The first kappa shape index (κ1) is 17.3. The average Bonchev–Trinajstić information content (AvgIpc) is 2.87. The fraction of sp³-hybridized carbons (Fsp3) is 0.400. The fourth-order valence-electron chi connectivity index (χ4n) is 2.06. The fourth-order valence-corrected chi connectivity index (χ4v) is 2.06. The van der Waals surface area contributed by atoms with Gasteiger partial charge in [0.2, 0.25) is 0 Å². The highest BCUT2D eigenvalue weighted by atomic mass is 19.4. The minimum atomic E-state index is -4.63. The molecule has 126 valence electrons. The van der Waals surface area contributed by atoms with E-state index < -0.39 is 29.0 Å². The van der Waals surface area contributed by atoms with E-state index >= 15 is 0 Å². The molecule has 4 nitrogen and oxygen atoms in total. The molecule has 1 aliphatic rings. The minimum Gasteiger partial charge on any atom is -0.321 e. The molecule has 1 aliphatic heterocycles. The Morgan fingerprint density at radius 2 is 1.96 bits per heavy atom. The molecule has 0 aliphatic carbocycles. The van der Waals surface area contributed by atoms with E-state index in [4.69, 9.17) is 0 Å². The number of alkyl halides is 3. The Morgan fingerprint density at radius 3 is 2.43 bits per heavy atom. The van der Waals surface area contributed by atoms with Crippen molar-refractivity contribution in [2.75, 3.05) is 11.9 Å². The van der Waals surface area contributed by atoms with E-state index in [-0.39, 0.29) is 5.69 Å². The number of hydrazine groups is 1. The van der Waals surface area contributed by atoms with Gasteiger partial charge in [0, 0.05) is 12.7 Å². The maximum Gasteiger partial charge on any atom is 0.416 e. The minimum absolute atomic E-state index is 0.295. The van der Waals surface area contributed by atoms with Crippen molar-refractivity contribution in [3.63, 3.8) is 0 Å². The summed E-state index contributed by atoms with van der Waals surface area (Å²) < 4.78 is 51.4. The molecule has 8 heteroatoms. The number of carbonyl (C=O) groups excluding carboxylic acids is 1. The lowest BCUT2D eigenvalue weighted by Crippen LogP contribution is -2.54. The Balaban J connectivity index is 2.17. The van der Waals surface area contributed by atoms with Crippen molar-refractivity contribution in [1.82, 2.24) is 10.4 Å². The number of carbonyl (C=O) groups is 1. The molecule has 0 fully saturated rings. The highest BCUT2D eigenvalue weighted by Gasteiger charge is 2.36. The number of rotatable bonds is 3. The van der Waals surface area contributed by atoms with Gasteiger partial charge in [0.15, 0.2) is 0 Å². The first-order valence-corrected chi connectivity index (χ1v) is 6.90. The lowest BCUT2D eigenvalue weighted by Gasteiger charge is -2.34. The molecule has 23 heavy (non-hydrogen) atoms. The zero-order chi connectivity index (χ0) is 17.4. The predicted molar refractivity (Wildman–Crippen MR) is 77.7 cm³/mol.